The number of aromatic nitrogens is 1. The van der Waals surface area contributed by atoms with Crippen molar-refractivity contribution >= 4 is 5.91 Å². The molecular weight excluding hydrogens is 264 g/mol. The summed E-state index contributed by atoms with van der Waals surface area (Å²) in [5, 5.41) is 6.99. The third-order valence-electron chi connectivity index (χ3n) is 3.34. The minimum Gasteiger partial charge on any atom is -0.361 e. The monoisotopic (exact) mass is 286 g/mol. The molecule has 1 amide bonds. The van der Waals surface area contributed by atoms with E-state index in [4.69, 9.17) is 4.52 Å². The fraction of sp³-hybridized carbons (Fsp3) is 0.412. The predicted octanol–water partition coefficient (Wildman–Crippen LogP) is 3.25. The Bertz CT molecular complexity index is 609. The maximum Gasteiger partial charge on any atom is 0.256 e. The van der Waals surface area contributed by atoms with Crippen molar-refractivity contribution in [1.82, 2.24) is 10.5 Å². The molecular formula is C17H22N2O2. The lowest BCUT2D eigenvalue weighted by Gasteiger charge is -2.16. The van der Waals surface area contributed by atoms with Crippen LogP contribution in [0.2, 0.25) is 0 Å². The van der Waals surface area contributed by atoms with Gasteiger partial charge in [-0.3, -0.25) is 4.79 Å². The first-order valence-electron chi connectivity index (χ1n) is 7.18. The molecule has 2 rings (SSSR count). The molecule has 4 nitrogen and oxygen atoms in total. The number of carbonyl (C=O) groups is 1. The molecule has 0 saturated carbocycles. The van der Waals surface area contributed by atoms with Crippen molar-refractivity contribution in [1.29, 1.82) is 0 Å². The quantitative estimate of drug-likeness (QED) is 0.938. The first-order chi connectivity index (χ1) is 9.89. The van der Waals surface area contributed by atoms with E-state index in [0.29, 0.717) is 23.6 Å². The maximum absolute atomic E-state index is 12.4. The van der Waals surface area contributed by atoms with Gasteiger partial charge in [0.25, 0.3) is 5.91 Å². The first kappa shape index (κ1) is 15.3. The predicted molar refractivity (Wildman–Crippen MR) is 82.4 cm³/mol. The van der Waals surface area contributed by atoms with Gasteiger partial charge in [-0.2, -0.15) is 0 Å². The molecule has 0 unspecified atom stereocenters. The van der Waals surface area contributed by atoms with Crippen molar-refractivity contribution in [2.24, 2.45) is 0 Å². The topological polar surface area (TPSA) is 55.1 Å². The van der Waals surface area contributed by atoms with Gasteiger partial charge in [0.1, 0.15) is 17.0 Å². The van der Waals surface area contributed by atoms with Gasteiger partial charge in [-0.05, 0) is 18.9 Å². The number of nitrogens with one attached hydrogen (secondary N) is 1. The van der Waals surface area contributed by atoms with Crippen molar-refractivity contribution in [3.63, 3.8) is 0 Å². The van der Waals surface area contributed by atoms with Crippen molar-refractivity contribution < 1.29 is 9.32 Å². The van der Waals surface area contributed by atoms with Gasteiger partial charge >= 0.3 is 0 Å². The van der Waals surface area contributed by atoms with E-state index < -0.39 is 0 Å². The second kappa shape index (κ2) is 6.12. The second-order valence-electron chi connectivity index (χ2n) is 6.20. The number of rotatable bonds is 4. The standard InChI is InChI=1S/C17H22N2O2/c1-12-14(15(19-21-12)17(2,3)4)16(20)18-11-10-13-8-6-5-7-9-13/h5-9H,10-11H2,1-4H3,(H,18,20). The molecule has 0 fully saturated rings. The average Bonchev–Trinajstić information content (AvgIpc) is 2.82. The molecule has 21 heavy (non-hydrogen) atoms. The molecule has 1 N–H and O–H groups in total. The van der Waals surface area contributed by atoms with Crippen LogP contribution in [0, 0.1) is 6.92 Å². The minimum absolute atomic E-state index is 0.116. The Morgan fingerprint density at radius 1 is 1.24 bits per heavy atom. The molecule has 0 radical (unpaired) electrons. The van der Waals surface area contributed by atoms with Crippen LogP contribution in [-0.4, -0.2) is 17.6 Å². The summed E-state index contributed by atoms with van der Waals surface area (Å²) >= 11 is 0. The highest BCUT2D eigenvalue weighted by atomic mass is 16.5. The van der Waals surface area contributed by atoms with E-state index in [0.717, 1.165) is 6.42 Å². The van der Waals surface area contributed by atoms with Crippen LogP contribution in [0.1, 0.15) is 48.1 Å². The molecule has 2 aromatic rings. The van der Waals surface area contributed by atoms with E-state index in [1.165, 1.54) is 5.56 Å². The van der Waals surface area contributed by atoms with E-state index in [9.17, 15) is 4.79 Å². The molecule has 1 aromatic carbocycles. The summed E-state index contributed by atoms with van der Waals surface area (Å²) in [5.74, 6) is 0.451. The highest BCUT2D eigenvalue weighted by molar-refractivity contribution is 5.96. The van der Waals surface area contributed by atoms with Crippen LogP contribution in [0.5, 0.6) is 0 Å². The number of nitrogens with zero attached hydrogens (tertiary/aromatic N) is 1. The Balaban J connectivity index is 2.03. The third kappa shape index (κ3) is 3.72. The van der Waals surface area contributed by atoms with E-state index in [1.54, 1.807) is 6.92 Å². The second-order valence-corrected chi connectivity index (χ2v) is 6.20. The van der Waals surface area contributed by atoms with Crippen LogP contribution >= 0.6 is 0 Å². The van der Waals surface area contributed by atoms with Crippen LogP contribution in [-0.2, 0) is 11.8 Å². The van der Waals surface area contributed by atoms with Crippen LogP contribution in [0.25, 0.3) is 0 Å². The van der Waals surface area contributed by atoms with Crippen LogP contribution in [0.4, 0.5) is 0 Å². The fourth-order valence-corrected chi connectivity index (χ4v) is 2.20. The number of aryl methyl sites for hydroxylation is 1. The van der Waals surface area contributed by atoms with Crippen molar-refractivity contribution in [3.05, 3.63) is 52.9 Å². The zero-order valence-corrected chi connectivity index (χ0v) is 13.1. The zero-order valence-electron chi connectivity index (χ0n) is 13.1. The van der Waals surface area contributed by atoms with Gasteiger partial charge in [-0.15, -0.1) is 0 Å². The van der Waals surface area contributed by atoms with E-state index in [1.807, 2.05) is 39.0 Å². The van der Waals surface area contributed by atoms with E-state index >= 15 is 0 Å². The van der Waals surface area contributed by atoms with Crippen molar-refractivity contribution in [2.45, 2.75) is 39.5 Å². The molecule has 0 aliphatic heterocycles. The highest BCUT2D eigenvalue weighted by Gasteiger charge is 2.28. The number of amides is 1. The Labute approximate surface area is 125 Å². The molecule has 1 aromatic heterocycles. The average molecular weight is 286 g/mol. The minimum atomic E-state index is -0.218. The van der Waals surface area contributed by atoms with Crippen LogP contribution < -0.4 is 5.32 Å². The number of hydrogen-bond donors (Lipinski definition) is 1. The molecule has 0 aliphatic rings. The number of carbonyl (C=O) groups excluding carboxylic acids is 1. The summed E-state index contributed by atoms with van der Waals surface area (Å²) in [6.07, 6.45) is 0.807. The van der Waals surface area contributed by atoms with Gasteiger partial charge in [0.2, 0.25) is 0 Å². The van der Waals surface area contributed by atoms with Gasteiger partial charge in [0.15, 0.2) is 0 Å². The number of benzene rings is 1. The summed E-state index contributed by atoms with van der Waals surface area (Å²) in [4.78, 5) is 12.4. The lowest BCUT2D eigenvalue weighted by Crippen LogP contribution is -2.29. The smallest absolute Gasteiger partial charge is 0.256 e. The van der Waals surface area contributed by atoms with Crippen molar-refractivity contribution in [2.75, 3.05) is 6.54 Å². The lowest BCUT2D eigenvalue weighted by atomic mass is 9.88. The summed E-state index contributed by atoms with van der Waals surface area (Å²) < 4.78 is 5.20. The molecule has 0 atom stereocenters. The Hall–Kier alpha value is -2.10. The molecule has 1 heterocycles. The highest BCUT2D eigenvalue weighted by Crippen LogP contribution is 2.26. The largest absolute Gasteiger partial charge is 0.361 e. The Morgan fingerprint density at radius 2 is 1.90 bits per heavy atom. The van der Waals surface area contributed by atoms with Gasteiger partial charge in [0.05, 0.1) is 0 Å². The van der Waals surface area contributed by atoms with E-state index in [-0.39, 0.29) is 11.3 Å². The molecule has 0 saturated heterocycles. The molecule has 0 bridgehead atoms. The lowest BCUT2D eigenvalue weighted by molar-refractivity contribution is 0.0950. The zero-order chi connectivity index (χ0) is 15.5. The Morgan fingerprint density at radius 3 is 2.52 bits per heavy atom. The van der Waals surface area contributed by atoms with Gasteiger partial charge in [-0.1, -0.05) is 56.3 Å². The Kier molecular flexibility index (Phi) is 4.46. The molecule has 0 aliphatic carbocycles. The van der Waals surface area contributed by atoms with Crippen LogP contribution in [0.15, 0.2) is 34.9 Å². The first-order valence-corrected chi connectivity index (χ1v) is 7.18. The van der Waals surface area contributed by atoms with Gasteiger partial charge in [0, 0.05) is 12.0 Å². The SMILES string of the molecule is Cc1onc(C(C)(C)C)c1C(=O)NCCc1ccccc1. The molecule has 0 spiro atoms. The summed E-state index contributed by atoms with van der Waals surface area (Å²) in [7, 11) is 0. The third-order valence-corrected chi connectivity index (χ3v) is 3.34. The van der Waals surface area contributed by atoms with E-state index in [2.05, 4.69) is 22.6 Å². The maximum atomic E-state index is 12.4. The number of hydrogen-bond acceptors (Lipinski definition) is 3. The summed E-state index contributed by atoms with van der Waals surface area (Å²) in [6, 6.07) is 10.1. The summed E-state index contributed by atoms with van der Waals surface area (Å²) in [6.45, 7) is 8.42. The van der Waals surface area contributed by atoms with Gasteiger partial charge in [-0.25, -0.2) is 0 Å². The normalized spacial score (nSPS) is 11.4. The van der Waals surface area contributed by atoms with Crippen LogP contribution in [0.3, 0.4) is 0 Å². The molecule has 112 valence electrons. The fourth-order valence-electron chi connectivity index (χ4n) is 2.20. The molecule has 4 heteroatoms. The summed E-state index contributed by atoms with van der Waals surface area (Å²) in [5.41, 5.74) is 2.26. The van der Waals surface area contributed by atoms with Crippen molar-refractivity contribution in [3.8, 4) is 0 Å². The van der Waals surface area contributed by atoms with Gasteiger partial charge < -0.3 is 9.84 Å².